The third kappa shape index (κ3) is 2.35. The normalized spacial score (nSPS) is 23.1. The largest absolute Gasteiger partial charge is 0.342 e. The van der Waals surface area contributed by atoms with Crippen LogP contribution in [0.15, 0.2) is 0 Å². The Labute approximate surface area is 108 Å². The number of nitrogens with zero attached hydrogens (tertiary/aromatic N) is 1. The summed E-state index contributed by atoms with van der Waals surface area (Å²) in [7, 11) is 0. The number of hydrogen-bond donors (Lipinski definition) is 1. The number of rotatable bonds is 6. The second kappa shape index (κ2) is 6.16. The second-order valence-electron chi connectivity index (χ2n) is 4.73. The maximum atomic E-state index is 12.7. The smallest absolute Gasteiger partial charge is 0.246 e. The molecule has 1 aliphatic heterocycles. The van der Waals surface area contributed by atoms with Crippen LogP contribution in [-0.4, -0.2) is 41.5 Å². The molecular weight excluding hydrogens is 235 g/mol. The first-order valence-corrected chi connectivity index (χ1v) is 6.75. The van der Waals surface area contributed by atoms with Gasteiger partial charge in [-0.25, -0.2) is 4.39 Å². The summed E-state index contributed by atoms with van der Waals surface area (Å²) in [5, 5.41) is 2.80. The van der Waals surface area contributed by atoms with E-state index in [4.69, 9.17) is 0 Å². The Morgan fingerprint density at radius 2 is 1.89 bits per heavy atom. The van der Waals surface area contributed by atoms with Crippen LogP contribution in [-0.2, 0) is 9.59 Å². The maximum absolute atomic E-state index is 12.7. The molecule has 1 unspecified atom stereocenters. The summed E-state index contributed by atoms with van der Waals surface area (Å²) in [5.41, 5.74) is -0.868. The van der Waals surface area contributed by atoms with Gasteiger partial charge in [-0.3, -0.25) is 9.59 Å². The van der Waals surface area contributed by atoms with E-state index < -0.39 is 18.3 Å². The monoisotopic (exact) mass is 258 g/mol. The van der Waals surface area contributed by atoms with Gasteiger partial charge in [0.2, 0.25) is 11.8 Å². The van der Waals surface area contributed by atoms with Gasteiger partial charge < -0.3 is 10.2 Å². The fourth-order valence-electron chi connectivity index (χ4n) is 2.72. The van der Waals surface area contributed by atoms with Crippen LogP contribution in [0.4, 0.5) is 4.39 Å². The fourth-order valence-corrected chi connectivity index (χ4v) is 2.72. The lowest BCUT2D eigenvalue weighted by molar-refractivity contribution is -0.158. The molecule has 1 N–H and O–H groups in total. The molecular formula is C13H23FN2O2. The molecule has 0 aromatic carbocycles. The van der Waals surface area contributed by atoms with Gasteiger partial charge in [0.15, 0.2) is 0 Å². The van der Waals surface area contributed by atoms with Crippen molar-refractivity contribution in [1.29, 1.82) is 0 Å². The zero-order chi connectivity index (χ0) is 13.8. The van der Waals surface area contributed by atoms with Crippen LogP contribution < -0.4 is 5.32 Å². The highest BCUT2D eigenvalue weighted by Crippen LogP contribution is 2.29. The van der Waals surface area contributed by atoms with Crippen LogP contribution in [0.1, 0.15) is 46.5 Å². The minimum Gasteiger partial charge on any atom is -0.342 e. The molecule has 0 saturated carbocycles. The molecule has 1 rings (SSSR count). The van der Waals surface area contributed by atoms with Crippen molar-refractivity contribution in [3.8, 4) is 0 Å². The first kappa shape index (κ1) is 14.9. The highest BCUT2D eigenvalue weighted by Gasteiger charge is 2.49. The standard InChI is InChI=1S/C13H23FN2O2/c1-4-7-10-11(17)16(9-8-14)13(5-2,6-3)12(18)15-10/h10H,4-9H2,1-3H3,(H,15,18). The molecule has 18 heavy (non-hydrogen) atoms. The van der Waals surface area contributed by atoms with Gasteiger partial charge in [0.05, 0.1) is 6.54 Å². The summed E-state index contributed by atoms with van der Waals surface area (Å²) in [6, 6.07) is -0.486. The molecule has 1 aliphatic rings. The number of carbonyl (C=O) groups excluding carboxylic acids is 2. The van der Waals surface area contributed by atoms with Gasteiger partial charge in [-0.2, -0.15) is 0 Å². The molecule has 1 saturated heterocycles. The summed E-state index contributed by atoms with van der Waals surface area (Å²) in [6.07, 6.45) is 2.45. The van der Waals surface area contributed by atoms with Gasteiger partial charge in [0.1, 0.15) is 18.3 Å². The molecule has 0 aromatic heterocycles. The molecule has 0 bridgehead atoms. The van der Waals surface area contributed by atoms with E-state index in [1.54, 1.807) is 0 Å². The summed E-state index contributed by atoms with van der Waals surface area (Å²) in [6.45, 7) is 5.08. The van der Waals surface area contributed by atoms with Crippen LogP contribution >= 0.6 is 0 Å². The number of hydrogen-bond acceptors (Lipinski definition) is 2. The van der Waals surface area contributed by atoms with E-state index in [-0.39, 0.29) is 18.4 Å². The summed E-state index contributed by atoms with van der Waals surface area (Å²) in [5.74, 6) is -0.281. The minimum absolute atomic E-state index is 0.00808. The van der Waals surface area contributed by atoms with Gasteiger partial charge in [-0.1, -0.05) is 27.2 Å². The van der Waals surface area contributed by atoms with E-state index in [9.17, 15) is 14.0 Å². The number of amides is 2. The number of piperazine rings is 1. The Morgan fingerprint density at radius 3 is 2.33 bits per heavy atom. The van der Waals surface area contributed by atoms with Crippen molar-refractivity contribution in [2.75, 3.05) is 13.2 Å². The Kier molecular flexibility index (Phi) is 5.11. The van der Waals surface area contributed by atoms with Gasteiger partial charge in [-0.15, -0.1) is 0 Å². The highest BCUT2D eigenvalue weighted by atomic mass is 19.1. The predicted octanol–water partition coefficient (Wildman–Crippen LogP) is 1.64. The summed E-state index contributed by atoms with van der Waals surface area (Å²) < 4.78 is 12.7. The lowest BCUT2D eigenvalue weighted by Crippen LogP contribution is -2.70. The average Bonchev–Trinajstić information content (AvgIpc) is 2.37. The molecule has 104 valence electrons. The lowest BCUT2D eigenvalue weighted by atomic mass is 9.85. The first-order chi connectivity index (χ1) is 8.57. The molecule has 1 fully saturated rings. The molecule has 2 amide bonds. The van der Waals surface area contributed by atoms with E-state index in [1.165, 1.54) is 4.90 Å². The number of halogens is 1. The molecule has 5 heteroatoms. The van der Waals surface area contributed by atoms with E-state index in [2.05, 4.69) is 5.32 Å². The van der Waals surface area contributed by atoms with E-state index in [0.717, 1.165) is 6.42 Å². The van der Waals surface area contributed by atoms with Gasteiger partial charge in [0.25, 0.3) is 0 Å². The molecule has 1 atom stereocenters. The predicted molar refractivity (Wildman–Crippen MR) is 67.8 cm³/mol. The maximum Gasteiger partial charge on any atom is 0.246 e. The van der Waals surface area contributed by atoms with E-state index in [0.29, 0.717) is 19.3 Å². The zero-order valence-corrected chi connectivity index (χ0v) is 11.5. The molecule has 0 aliphatic carbocycles. The lowest BCUT2D eigenvalue weighted by Gasteiger charge is -2.47. The van der Waals surface area contributed by atoms with Gasteiger partial charge in [-0.05, 0) is 19.3 Å². The molecule has 0 aromatic rings. The number of alkyl halides is 1. The SMILES string of the molecule is CCCC1NC(=O)C(CC)(CC)N(CCF)C1=O. The van der Waals surface area contributed by atoms with Crippen molar-refractivity contribution in [2.24, 2.45) is 0 Å². The minimum atomic E-state index is -0.868. The second-order valence-corrected chi connectivity index (χ2v) is 4.73. The van der Waals surface area contributed by atoms with Crippen molar-refractivity contribution in [3.05, 3.63) is 0 Å². The van der Waals surface area contributed by atoms with Crippen LogP contribution in [0.2, 0.25) is 0 Å². The van der Waals surface area contributed by atoms with Crippen LogP contribution in [0.25, 0.3) is 0 Å². The van der Waals surface area contributed by atoms with Gasteiger partial charge >= 0.3 is 0 Å². The Bertz CT molecular complexity index is 316. The van der Waals surface area contributed by atoms with E-state index in [1.807, 2.05) is 20.8 Å². The Balaban J connectivity index is 3.05. The van der Waals surface area contributed by atoms with E-state index >= 15 is 0 Å². The molecule has 1 heterocycles. The third-order valence-electron chi connectivity index (χ3n) is 3.86. The molecule has 0 spiro atoms. The van der Waals surface area contributed by atoms with Crippen LogP contribution in [0.5, 0.6) is 0 Å². The molecule has 4 nitrogen and oxygen atoms in total. The summed E-state index contributed by atoms with van der Waals surface area (Å²) in [4.78, 5) is 26.0. The summed E-state index contributed by atoms with van der Waals surface area (Å²) >= 11 is 0. The van der Waals surface area contributed by atoms with Crippen molar-refractivity contribution in [2.45, 2.75) is 58.0 Å². The van der Waals surface area contributed by atoms with Crippen molar-refractivity contribution in [3.63, 3.8) is 0 Å². The van der Waals surface area contributed by atoms with Crippen molar-refractivity contribution in [1.82, 2.24) is 10.2 Å². The Hall–Kier alpha value is -1.13. The third-order valence-corrected chi connectivity index (χ3v) is 3.86. The number of nitrogens with one attached hydrogen (secondary N) is 1. The first-order valence-electron chi connectivity index (χ1n) is 6.75. The number of carbonyl (C=O) groups is 2. The average molecular weight is 258 g/mol. The zero-order valence-electron chi connectivity index (χ0n) is 11.5. The molecule has 0 radical (unpaired) electrons. The highest BCUT2D eigenvalue weighted by molar-refractivity contribution is 5.99. The van der Waals surface area contributed by atoms with Crippen LogP contribution in [0.3, 0.4) is 0 Å². The fraction of sp³-hybridized carbons (Fsp3) is 0.846. The topological polar surface area (TPSA) is 49.4 Å². The van der Waals surface area contributed by atoms with Crippen molar-refractivity contribution < 1.29 is 14.0 Å². The quantitative estimate of drug-likeness (QED) is 0.787. The van der Waals surface area contributed by atoms with Crippen molar-refractivity contribution >= 4 is 11.8 Å². The van der Waals surface area contributed by atoms with Gasteiger partial charge in [0, 0.05) is 0 Å². The Morgan fingerprint density at radius 1 is 1.28 bits per heavy atom. The van der Waals surface area contributed by atoms with Crippen LogP contribution in [0, 0.1) is 0 Å².